The highest BCUT2D eigenvalue weighted by atomic mass is 19.2. The number of benzene rings is 1. The van der Waals surface area contributed by atoms with Gasteiger partial charge < -0.3 is 0 Å². The Morgan fingerprint density at radius 3 is 2.65 bits per heavy atom. The predicted octanol–water partition coefficient (Wildman–Crippen LogP) is 1.43. The largest absolute Gasteiger partial charge is 0.344 e. The van der Waals surface area contributed by atoms with Gasteiger partial charge in [0.1, 0.15) is 0 Å². The Morgan fingerprint density at radius 2 is 2.00 bits per heavy atom. The van der Waals surface area contributed by atoms with Gasteiger partial charge in [-0.05, 0) is 24.1 Å². The molecule has 0 aliphatic heterocycles. The van der Waals surface area contributed by atoms with Gasteiger partial charge in [0.05, 0.1) is 6.04 Å². The molecule has 1 heterocycles. The molecule has 0 fully saturated rings. The fraction of sp³-hybridized carbons (Fsp3) is 0.231. The molecule has 0 saturated carbocycles. The molecule has 5 nitrogen and oxygen atoms in total. The van der Waals surface area contributed by atoms with Gasteiger partial charge in [-0.25, -0.2) is 28.2 Å². The number of hydrogen-bond donors (Lipinski definition) is 2. The lowest BCUT2D eigenvalue weighted by molar-refractivity contribution is 0.423. The first kappa shape index (κ1) is 12.6. The zero-order valence-electron chi connectivity index (χ0n) is 10.3. The molecule has 0 saturated heterocycles. The van der Waals surface area contributed by atoms with E-state index in [4.69, 9.17) is 0 Å². The highest BCUT2D eigenvalue weighted by Crippen LogP contribution is 2.36. The highest BCUT2D eigenvalue weighted by molar-refractivity contribution is 5.29. The Bertz CT molecular complexity index is 787. The van der Waals surface area contributed by atoms with Crippen LogP contribution in [0.1, 0.15) is 23.9 Å². The van der Waals surface area contributed by atoms with Crippen molar-refractivity contribution in [1.82, 2.24) is 14.8 Å². The van der Waals surface area contributed by atoms with Gasteiger partial charge in [-0.2, -0.15) is 0 Å². The lowest BCUT2D eigenvalue weighted by Crippen LogP contribution is -2.25. The van der Waals surface area contributed by atoms with E-state index in [2.05, 4.69) is 10.1 Å². The third-order valence-electron chi connectivity index (χ3n) is 3.46. The van der Waals surface area contributed by atoms with E-state index in [1.807, 2.05) is 12.2 Å². The quantitative estimate of drug-likeness (QED) is 0.816. The van der Waals surface area contributed by atoms with Gasteiger partial charge in [0.25, 0.3) is 0 Å². The van der Waals surface area contributed by atoms with Crippen LogP contribution in [0.4, 0.5) is 8.78 Å². The molecule has 1 aromatic carbocycles. The lowest BCUT2D eigenvalue weighted by Gasteiger charge is -2.19. The fourth-order valence-corrected chi connectivity index (χ4v) is 2.54. The molecule has 7 heteroatoms. The molecule has 0 spiro atoms. The maximum atomic E-state index is 13.3. The van der Waals surface area contributed by atoms with Gasteiger partial charge in [-0.3, -0.25) is 4.98 Å². The number of aromatic amines is 2. The van der Waals surface area contributed by atoms with Crippen LogP contribution in [0.25, 0.3) is 0 Å². The number of nitrogens with one attached hydrogen (secondary N) is 2. The van der Waals surface area contributed by atoms with Crippen LogP contribution >= 0.6 is 0 Å². The van der Waals surface area contributed by atoms with Gasteiger partial charge in [0.2, 0.25) is 0 Å². The van der Waals surface area contributed by atoms with E-state index in [1.54, 1.807) is 0 Å². The summed E-state index contributed by atoms with van der Waals surface area (Å²) in [5, 5.41) is 2.40. The zero-order valence-corrected chi connectivity index (χ0v) is 10.3. The summed E-state index contributed by atoms with van der Waals surface area (Å²) in [6.07, 6.45) is 4.18. The first-order valence-corrected chi connectivity index (χ1v) is 6.08. The second-order valence-corrected chi connectivity index (χ2v) is 4.67. The molecule has 1 aliphatic carbocycles. The smallest absolute Gasteiger partial charge is 0.257 e. The number of hydrogen-bond acceptors (Lipinski definition) is 2. The SMILES string of the molecule is O=c1[nH]c(=O)n([C@H]2CC=C[C@@H]2c2ccc(F)c(F)c2)[nH]1. The topological polar surface area (TPSA) is 70.7 Å². The molecule has 1 aromatic heterocycles. The van der Waals surface area contributed by atoms with Gasteiger partial charge in [-0.1, -0.05) is 18.2 Å². The molecule has 3 rings (SSSR count). The third-order valence-corrected chi connectivity index (χ3v) is 3.46. The molecule has 2 aromatic rings. The molecule has 104 valence electrons. The summed E-state index contributed by atoms with van der Waals surface area (Å²) in [7, 11) is 0. The first-order chi connectivity index (χ1) is 9.56. The minimum absolute atomic E-state index is 0.297. The summed E-state index contributed by atoms with van der Waals surface area (Å²) >= 11 is 0. The molecule has 20 heavy (non-hydrogen) atoms. The van der Waals surface area contributed by atoms with E-state index in [-0.39, 0.29) is 12.0 Å². The van der Waals surface area contributed by atoms with Crippen molar-refractivity contribution in [3.63, 3.8) is 0 Å². The third kappa shape index (κ3) is 2.01. The molecule has 0 amide bonds. The van der Waals surface area contributed by atoms with Crippen LogP contribution in [0.2, 0.25) is 0 Å². The van der Waals surface area contributed by atoms with Crippen molar-refractivity contribution in [3.8, 4) is 0 Å². The number of halogens is 2. The highest BCUT2D eigenvalue weighted by Gasteiger charge is 2.28. The van der Waals surface area contributed by atoms with Crippen molar-refractivity contribution in [2.75, 3.05) is 0 Å². The molecule has 0 unspecified atom stereocenters. The van der Waals surface area contributed by atoms with Crippen LogP contribution < -0.4 is 11.4 Å². The molecule has 1 aliphatic rings. The molecule has 0 radical (unpaired) electrons. The van der Waals surface area contributed by atoms with E-state index < -0.39 is 23.0 Å². The van der Waals surface area contributed by atoms with Crippen molar-refractivity contribution in [2.45, 2.75) is 18.4 Å². The second-order valence-electron chi connectivity index (χ2n) is 4.67. The fourth-order valence-electron chi connectivity index (χ4n) is 2.54. The summed E-state index contributed by atoms with van der Waals surface area (Å²) in [6, 6.07) is 3.28. The van der Waals surface area contributed by atoms with Crippen LogP contribution in [0.3, 0.4) is 0 Å². The minimum atomic E-state index is -0.934. The van der Waals surface area contributed by atoms with Crippen molar-refractivity contribution >= 4 is 0 Å². The summed E-state index contributed by atoms with van der Waals surface area (Å²) in [4.78, 5) is 24.9. The standard InChI is InChI=1S/C13H11F2N3O2/c14-9-5-4-7(6-10(9)15)8-2-1-3-11(8)18-13(20)16-12(19)17-18/h1-2,4-6,8,11H,3H2,(H2,16,17,19,20)/t8-,11+/m1/s1. The Balaban J connectivity index is 2.02. The van der Waals surface area contributed by atoms with Crippen LogP contribution in [-0.2, 0) is 0 Å². The molecular formula is C13H11F2N3O2. The predicted molar refractivity (Wildman–Crippen MR) is 67.6 cm³/mol. The molecular weight excluding hydrogens is 268 g/mol. The van der Waals surface area contributed by atoms with E-state index in [9.17, 15) is 18.4 Å². The van der Waals surface area contributed by atoms with E-state index in [0.29, 0.717) is 12.0 Å². The maximum absolute atomic E-state index is 13.3. The van der Waals surface area contributed by atoms with Crippen LogP contribution in [0.5, 0.6) is 0 Å². The van der Waals surface area contributed by atoms with E-state index in [0.717, 1.165) is 12.1 Å². The summed E-state index contributed by atoms with van der Waals surface area (Å²) < 4.78 is 27.5. The minimum Gasteiger partial charge on any atom is -0.257 e. The first-order valence-electron chi connectivity index (χ1n) is 6.08. The Labute approximate surface area is 111 Å². The van der Waals surface area contributed by atoms with Gasteiger partial charge >= 0.3 is 11.4 Å². The van der Waals surface area contributed by atoms with E-state index in [1.165, 1.54) is 10.7 Å². The van der Waals surface area contributed by atoms with E-state index >= 15 is 0 Å². The molecule has 2 atom stereocenters. The monoisotopic (exact) mass is 279 g/mol. The van der Waals surface area contributed by atoms with Crippen molar-refractivity contribution in [2.24, 2.45) is 0 Å². The average molecular weight is 279 g/mol. The number of H-pyrrole nitrogens is 2. The number of aromatic nitrogens is 3. The zero-order chi connectivity index (χ0) is 14.3. The van der Waals surface area contributed by atoms with Gasteiger partial charge in [0.15, 0.2) is 11.6 Å². The summed E-state index contributed by atoms with van der Waals surface area (Å²) in [5.41, 5.74) is -0.584. The van der Waals surface area contributed by atoms with Gasteiger partial charge in [-0.15, -0.1) is 0 Å². The average Bonchev–Trinajstić information content (AvgIpc) is 2.99. The van der Waals surface area contributed by atoms with Crippen molar-refractivity contribution < 1.29 is 8.78 Å². The van der Waals surface area contributed by atoms with Crippen molar-refractivity contribution in [1.29, 1.82) is 0 Å². The number of allylic oxidation sites excluding steroid dienone is 2. The summed E-state index contributed by atoms with van der Waals surface area (Å²) in [6.45, 7) is 0. The Kier molecular flexibility index (Phi) is 2.89. The van der Waals surface area contributed by atoms with Crippen LogP contribution in [0.15, 0.2) is 39.9 Å². The molecule has 0 bridgehead atoms. The maximum Gasteiger partial charge on any atom is 0.344 e. The van der Waals surface area contributed by atoms with Crippen molar-refractivity contribution in [3.05, 3.63) is 68.5 Å². The van der Waals surface area contributed by atoms with Gasteiger partial charge in [0, 0.05) is 5.92 Å². The Morgan fingerprint density at radius 1 is 1.20 bits per heavy atom. The lowest BCUT2D eigenvalue weighted by atomic mass is 9.94. The Hall–Kier alpha value is -2.44. The second kappa shape index (κ2) is 4.59. The van der Waals surface area contributed by atoms with Crippen LogP contribution in [-0.4, -0.2) is 14.8 Å². The summed E-state index contributed by atoms with van der Waals surface area (Å²) in [5.74, 6) is -2.15. The number of rotatable bonds is 2. The number of nitrogens with zero attached hydrogens (tertiary/aromatic N) is 1. The normalized spacial score (nSPS) is 21.5. The molecule has 2 N–H and O–H groups in total. The van der Waals surface area contributed by atoms with Crippen LogP contribution in [0, 0.1) is 11.6 Å².